The van der Waals surface area contributed by atoms with Crippen LogP contribution in [0.3, 0.4) is 0 Å². The van der Waals surface area contributed by atoms with Gasteiger partial charge in [0, 0.05) is 12.1 Å². The van der Waals surface area contributed by atoms with Crippen LogP contribution in [0.4, 0.5) is 18.9 Å². The van der Waals surface area contributed by atoms with E-state index in [1.807, 2.05) is 0 Å². The Balaban J connectivity index is 2.54. The fraction of sp³-hybridized carbons (Fsp3) is 0.316. The Bertz CT molecular complexity index is 960. The summed E-state index contributed by atoms with van der Waals surface area (Å²) in [6.45, 7) is 3.59. The number of benzene rings is 2. The van der Waals surface area contributed by atoms with E-state index in [-0.39, 0.29) is 23.0 Å². The van der Waals surface area contributed by atoms with E-state index in [4.69, 9.17) is 5.11 Å². The van der Waals surface area contributed by atoms with Gasteiger partial charge in [-0.05, 0) is 30.2 Å². The van der Waals surface area contributed by atoms with Crippen molar-refractivity contribution in [2.24, 2.45) is 5.92 Å². The first kappa shape index (κ1) is 22.7. The van der Waals surface area contributed by atoms with Crippen LogP contribution in [0.2, 0.25) is 0 Å². The number of carbonyl (C=O) groups is 1. The molecule has 1 unspecified atom stereocenters. The minimum absolute atomic E-state index is 0.00191. The number of hydrogen-bond acceptors (Lipinski definition) is 4. The Labute approximate surface area is 166 Å². The van der Waals surface area contributed by atoms with Crippen LogP contribution in [0, 0.1) is 5.92 Å². The molecule has 6 nitrogen and oxygen atoms in total. The molecule has 0 bridgehead atoms. The molecule has 0 spiro atoms. The highest BCUT2D eigenvalue weighted by molar-refractivity contribution is 7.92. The highest BCUT2D eigenvalue weighted by Crippen LogP contribution is 2.40. The molecule has 0 saturated carbocycles. The van der Waals surface area contributed by atoms with Crippen LogP contribution in [-0.2, 0) is 20.4 Å². The Hall–Kier alpha value is -2.59. The molecule has 0 radical (unpaired) electrons. The molecule has 0 aliphatic rings. The van der Waals surface area contributed by atoms with Gasteiger partial charge in [-0.1, -0.05) is 44.2 Å². The maximum atomic E-state index is 13.1. The molecule has 2 rings (SSSR count). The minimum Gasteiger partial charge on any atom is -0.479 e. The summed E-state index contributed by atoms with van der Waals surface area (Å²) >= 11 is 0. The van der Waals surface area contributed by atoms with E-state index in [0.717, 1.165) is 28.6 Å². The first-order valence-corrected chi connectivity index (χ1v) is 9.96. The smallest absolute Gasteiger partial charge is 0.432 e. The summed E-state index contributed by atoms with van der Waals surface area (Å²) in [4.78, 5) is 11.1. The van der Waals surface area contributed by atoms with Crippen molar-refractivity contribution in [2.45, 2.75) is 30.5 Å². The van der Waals surface area contributed by atoms with Gasteiger partial charge in [-0.25, -0.2) is 13.2 Å². The SMILES string of the molecule is CC(C)CN(c1ccc(C(O)(C(=O)O)C(F)(F)F)cc1)S(=O)(=O)c1ccccc1. The molecule has 0 fully saturated rings. The predicted molar refractivity (Wildman–Crippen MR) is 99.8 cm³/mol. The molecular weight excluding hydrogens is 411 g/mol. The van der Waals surface area contributed by atoms with Crippen molar-refractivity contribution in [2.75, 3.05) is 10.8 Å². The maximum absolute atomic E-state index is 13.1. The molecule has 0 aliphatic heterocycles. The van der Waals surface area contributed by atoms with Gasteiger partial charge >= 0.3 is 12.1 Å². The molecule has 0 saturated heterocycles. The number of aliphatic carboxylic acids is 1. The van der Waals surface area contributed by atoms with E-state index < -0.39 is 33.3 Å². The third-order valence-electron chi connectivity index (χ3n) is 4.15. The van der Waals surface area contributed by atoms with Crippen LogP contribution in [0.25, 0.3) is 0 Å². The van der Waals surface area contributed by atoms with Gasteiger partial charge in [0.25, 0.3) is 15.6 Å². The zero-order valence-corrected chi connectivity index (χ0v) is 16.4. The van der Waals surface area contributed by atoms with Crippen molar-refractivity contribution in [3.63, 3.8) is 0 Å². The van der Waals surface area contributed by atoms with Crippen molar-refractivity contribution in [3.8, 4) is 0 Å². The van der Waals surface area contributed by atoms with E-state index in [0.29, 0.717) is 0 Å². The monoisotopic (exact) mass is 431 g/mol. The van der Waals surface area contributed by atoms with Crippen LogP contribution < -0.4 is 4.31 Å². The topological polar surface area (TPSA) is 94.9 Å². The van der Waals surface area contributed by atoms with E-state index in [1.54, 1.807) is 32.0 Å². The largest absolute Gasteiger partial charge is 0.479 e. The van der Waals surface area contributed by atoms with Crippen molar-refractivity contribution in [1.29, 1.82) is 0 Å². The average Bonchev–Trinajstić information content (AvgIpc) is 2.65. The lowest BCUT2D eigenvalue weighted by Gasteiger charge is -2.29. The maximum Gasteiger partial charge on any atom is 0.432 e. The Morgan fingerprint density at radius 1 is 1.03 bits per heavy atom. The number of nitrogens with zero attached hydrogens (tertiary/aromatic N) is 1. The average molecular weight is 431 g/mol. The Morgan fingerprint density at radius 2 is 1.55 bits per heavy atom. The summed E-state index contributed by atoms with van der Waals surface area (Å²) in [5.41, 5.74) is -4.99. The molecule has 0 heterocycles. The van der Waals surface area contributed by atoms with Crippen molar-refractivity contribution < 1.29 is 36.6 Å². The number of carboxylic acids is 1. The number of rotatable bonds is 7. The second-order valence-electron chi connectivity index (χ2n) is 6.80. The van der Waals surface area contributed by atoms with Gasteiger partial charge in [0.1, 0.15) is 0 Å². The molecule has 2 aromatic rings. The van der Waals surface area contributed by atoms with Crippen LogP contribution in [0.5, 0.6) is 0 Å². The third-order valence-corrected chi connectivity index (χ3v) is 5.96. The highest BCUT2D eigenvalue weighted by atomic mass is 32.2. The van der Waals surface area contributed by atoms with Crippen LogP contribution in [-0.4, -0.2) is 37.3 Å². The lowest BCUT2D eigenvalue weighted by Crippen LogP contribution is -2.49. The van der Waals surface area contributed by atoms with E-state index in [9.17, 15) is 31.5 Å². The van der Waals surface area contributed by atoms with Gasteiger partial charge in [-0.2, -0.15) is 13.2 Å². The van der Waals surface area contributed by atoms with E-state index >= 15 is 0 Å². The molecule has 0 aromatic heterocycles. The van der Waals surface area contributed by atoms with Gasteiger partial charge in [-0.3, -0.25) is 4.31 Å². The molecule has 2 aromatic carbocycles. The summed E-state index contributed by atoms with van der Waals surface area (Å²) in [6, 6.07) is 11.1. The van der Waals surface area contributed by atoms with Crippen LogP contribution >= 0.6 is 0 Å². The van der Waals surface area contributed by atoms with Gasteiger partial charge in [0.15, 0.2) is 0 Å². The number of halogens is 3. The zero-order valence-electron chi connectivity index (χ0n) is 15.6. The number of carboxylic acid groups (broad SMARTS) is 1. The summed E-state index contributed by atoms with van der Waals surface area (Å²) in [7, 11) is -4.01. The zero-order chi connectivity index (χ0) is 22.0. The first-order chi connectivity index (χ1) is 13.3. The van der Waals surface area contributed by atoms with E-state index in [1.165, 1.54) is 12.1 Å². The molecular formula is C19H20F3NO5S. The molecule has 0 aliphatic carbocycles. The second kappa shape index (κ2) is 8.03. The third kappa shape index (κ3) is 4.38. The molecule has 29 heavy (non-hydrogen) atoms. The fourth-order valence-corrected chi connectivity index (χ4v) is 4.32. The first-order valence-electron chi connectivity index (χ1n) is 8.52. The standard InChI is InChI=1S/C19H20F3NO5S/c1-13(2)12-23(29(27,28)16-6-4-3-5-7-16)15-10-8-14(9-11-15)18(26,17(24)25)19(20,21)22/h3-11,13,26H,12H2,1-2H3,(H,24,25). The Morgan fingerprint density at radius 3 is 1.97 bits per heavy atom. The Kier molecular flexibility index (Phi) is 6.29. The summed E-state index contributed by atoms with van der Waals surface area (Å²) in [5.74, 6) is -2.59. The normalized spacial score (nSPS) is 14.4. The molecule has 2 N–H and O–H groups in total. The molecule has 158 valence electrons. The number of anilines is 1. The van der Waals surface area contributed by atoms with Crippen molar-refractivity contribution >= 4 is 21.7 Å². The minimum atomic E-state index is -5.46. The highest BCUT2D eigenvalue weighted by Gasteiger charge is 2.61. The predicted octanol–water partition coefficient (Wildman–Crippen LogP) is 3.37. The quantitative estimate of drug-likeness (QED) is 0.701. The van der Waals surface area contributed by atoms with Gasteiger partial charge in [0.2, 0.25) is 0 Å². The number of sulfonamides is 1. The molecule has 0 amide bonds. The second-order valence-corrected chi connectivity index (χ2v) is 8.67. The number of alkyl halides is 3. The van der Waals surface area contributed by atoms with Crippen LogP contribution in [0.1, 0.15) is 19.4 Å². The van der Waals surface area contributed by atoms with Gasteiger partial charge in [-0.15, -0.1) is 0 Å². The summed E-state index contributed by atoms with van der Waals surface area (Å²) in [6.07, 6.45) is -5.46. The van der Waals surface area contributed by atoms with Crippen molar-refractivity contribution in [1.82, 2.24) is 0 Å². The van der Waals surface area contributed by atoms with E-state index in [2.05, 4.69) is 0 Å². The van der Waals surface area contributed by atoms with Crippen LogP contribution in [0.15, 0.2) is 59.5 Å². The van der Waals surface area contributed by atoms with Gasteiger partial charge in [0.05, 0.1) is 10.6 Å². The fourth-order valence-electron chi connectivity index (χ4n) is 2.67. The molecule has 10 heteroatoms. The lowest BCUT2D eigenvalue weighted by molar-refractivity contribution is -0.265. The lowest BCUT2D eigenvalue weighted by atomic mass is 9.93. The number of aliphatic hydroxyl groups is 1. The summed E-state index contributed by atoms with van der Waals surface area (Å²) < 4.78 is 66.5. The van der Waals surface area contributed by atoms with Gasteiger partial charge < -0.3 is 10.2 Å². The summed E-state index contributed by atoms with van der Waals surface area (Å²) in [5, 5.41) is 18.7. The van der Waals surface area contributed by atoms with Crippen molar-refractivity contribution in [3.05, 3.63) is 60.2 Å². The molecule has 1 atom stereocenters. The number of hydrogen-bond donors (Lipinski definition) is 2.